The second kappa shape index (κ2) is 4.99. The lowest BCUT2D eigenvalue weighted by atomic mass is 10.0. The van der Waals surface area contributed by atoms with Crippen LogP contribution in [0.4, 0.5) is 0 Å². The number of fused-ring (bicyclic) bond motifs is 1. The van der Waals surface area contributed by atoms with Gasteiger partial charge in [0.15, 0.2) is 0 Å². The quantitative estimate of drug-likeness (QED) is 0.687. The van der Waals surface area contributed by atoms with Gasteiger partial charge in [0, 0.05) is 0 Å². The van der Waals surface area contributed by atoms with Crippen LogP contribution in [-0.4, -0.2) is 26.0 Å². The van der Waals surface area contributed by atoms with Crippen molar-refractivity contribution >= 4 is 26.9 Å². The Balaban J connectivity index is 2.43. The van der Waals surface area contributed by atoms with Crippen molar-refractivity contribution < 1.29 is 22.5 Å². The van der Waals surface area contributed by atoms with E-state index in [1.165, 1.54) is 7.11 Å². The molecule has 0 saturated heterocycles. The maximum absolute atomic E-state index is 11.4. The largest absolute Gasteiger partial charge is 0.465 e. The van der Waals surface area contributed by atoms with Crippen LogP contribution in [0.5, 0.6) is 0 Å². The lowest BCUT2D eigenvalue weighted by Crippen LogP contribution is -2.02. The topological polar surface area (TPSA) is 80.7 Å². The molecule has 0 spiro atoms. The van der Waals surface area contributed by atoms with Crippen LogP contribution in [0.25, 0.3) is 10.8 Å². The molecule has 5 nitrogen and oxygen atoms in total. The molecular formula is C13H12O5S. The number of rotatable bonds is 3. The molecule has 0 atom stereocenters. The Kier molecular flexibility index (Phi) is 3.55. The van der Waals surface area contributed by atoms with Gasteiger partial charge in [-0.15, -0.1) is 0 Å². The molecule has 0 aromatic heterocycles. The smallest absolute Gasteiger partial charge is 0.337 e. The Morgan fingerprint density at radius 1 is 1.16 bits per heavy atom. The number of carbonyl (C=O) groups is 1. The highest BCUT2D eigenvalue weighted by molar-refractivity contribution is 7.85. The highest BCUT2D eigenvalue weighted by Gasteiger charge is 2.09. The third-order valence-corrected chi connectivity index (χ3v) is 3.37. The van der Waals surface area contributed by atoms with Gasteiger partial charge in [-0.3, -0.25) is 4.55 Å². The first kappa shape index (κ1) is 13.5. The minimum atomic E-state index is -4.05. The first-order valence-corrected chi connectivity index (χ1v) is 7.06. The van der Waals surface area contributed by atoms with Crippen molar-refractivity contribution in [2.24, 2.45) is 0 Å². The molecule has 0 radical (unpaired) electrons. The minimum Gasteiger partial charge on any atom is -0.465 e. The zero-order chi connectivity index (χ0) is 14.0. The van der Waals surface area contributed by atoms with Gasteiger partial charge in [-0.1, -0.05) is 24.3 Å². The van der Waals surface area contributed by atoms with Gasteiger partial charge in [0.05, 0.1) is 12.7 Å². The van der Waals surface area contributed by atoms with Crippen molar-refractivity contribution in [2.45, 2.75) is 5.75 Å². The first-order valence-electron chi connectivity index (χ1n) is 5.45. The van der Waals surface area contributed by atoms with Gasteiger partial charge in [-0.25, -0.2) is 4.79 Å². The van der Waals surface area contributed by atoms with Gasteiger partial charge in [0.25, 0.3) is 10.1 Å². The molecule has 6 heteroatoms. The van der Waals surface area contributed by atoms with Crippen molar-refractivity contribution in [3.63, 3.8) is 0 Å². The molecule has 0 aliphatic heterocycles. The van der Waals surface area contributed by atoms with Gasteiger partial charge in [0.1, 0.15) is 5.75 Å². The van der Waals surface area contributed by atoms with Crippen molar-refractivity contribution in [3.8, 4) is 0 Å². The summed E-state index contributed by atoms with van der Waals surface area (Å²) in [6, 6.07) is 9.92. The van der Waals surface area contributed by atoms with Crippen LogP contribution in [0.3, 0.4) is 0 Å². The standard InChI is InChI=1S/C13H12O5S/c1-18-13(14)12-5-4-10-6-9(8-19(15,16)17)2-3-11(10)7-12/h2-7H,8H2,1H3,(H,15,16,17). The number of benzene rings is 2. The van der Waals surface area contributed by atoms with Crippen LogP contribution in [0.15, 0.2) is 36.4 Å². The van der Waals surface area contributed by atoms with E-state index in [1.54, 1.807) is 36.4 Å². The van der Waals surface area contributed by atoms with Crippen LogP contribution in [0.2, 0.25) is 0 Å². The Morgan fingerprint density at radius 3 is 2.42 bits per heavy atom. The van der Waals surface area contributed by atoms with Crippen molar-refractivity contribution in [1.29, 1.82) is 0 Å². The Bertz CT molecular complexity index is 734. The van der Waals surface area contributed by atoms with E-state index in [0.717, 1.165) is 10.8 Å². The number of methoxy groups -OCH3 is 1. The van der Waals surface area contributed by atoms with Gasteiger partial charge in [-0.2, -0.15) is 8.42 Å². The van der Waals surface area contributed by atoms with Crippen LogP contribution in [-0.2, 0) is 20.6 Å². The number of ether oxygens (including phenoxy) is 1. The predicted molar refractivity (Wildman–Crippen MR) is 70.5 cm³/mol. The fourth-order valence-corrected chi connectivity index (χ4v) is 2.44. The summed E-state index contributed by atoms with van der Waals surface area (Å²) in [5.74, 6) is -0.856. The molecule has 0 fully saturated rings. The van der Waals surface area contributed by atoms with Crippen LogP contribution < -0.4 is 0 Å². The van der Waals surface area contributed by atoms with Crippen LogP contribution in [0.1, 0.15) is 15.9 Å². The van der Waals surface area contributed by atoms with E-state index < -0.39 is 21.8 Å². The highest BCUT2D eigenvalue weighted by atomic mass is 32.2. The molecule has 19 heavy (non-hydrogen) atoms. The second-order valence-corrected chi connectivity index (χ2v) is 5.57. The summed E-state index contributed by atoms with van der Waals surface area (Å²) in [5.41, 5.74) is 0.915. The SMILES string of the molecule is COC(=O)c1ccc2cc(CS(=O)(=O)O)ccc2c1. The maximum atomic E-state index is 11.4. The summed E-state index contributed by atoms with van der Waals surface area (Å²) in [6.45, 7) is 0. The van der Waals surface area contributed by atoms with E-state index in [9.17, 15) is 13.2 Å². The Labute approximate surface area is 110 Å². The van der Waals surface area contributed by atoms with E-state index >= 15 is 0 Å². The fourth-order valence-electron chi connectivity index (χ4n) is 1.84. The van der Waals surface area contributed by atoms with Crippen molar-refractivity contribution in [3.05, 3.63) is 47.5 Å². The van der Waals surface area contributed by atoms with E-state index in [0.29, 0.717) is 11.1 Å². The second-order valence-electron chi connectivity index (χ2n) is 4.11. The molecule has 2 rings (SSSR count). The predicted octanol–water partition coefficient (Wildman–Crippen LogP) is 2.01. The highest BCUT2D eigenvalue weighted by Crippen LogP contribution is 2.19. The normalized spacial score (nSPS) is 11.5. The summed E-state index contributed by atoms with van der Waals surface area (Å²) >= 11 is 0. The lowest BCUT2D eigenvalue weighted by molar-refractivity contribution is 0.0601. The average Bonchev–Trinajstić information content (AvgIpc) is 2.35. The number of carbonyl (C=O) groups excluding carboxylic acids is 1. The summed E-state index contributed by atoms with van der Waals surface area (Å²) < 4.78 is 35.1. The molecule has 0 aliphatic carbocycles. The van der Waals surface area contributed by atoms with E-state index in [-0.39, 0.29) is 0 Å². The molecule has 2 aromatic rings. The summed E-state index contributed by atoms with van der Waals surface area (Å²) in [4.78, 5) is 11.4. The molecule has 0 bridgehead atoms. The van der Waals surface area contributed by atoms with Gasteiger partial charge < -0.3 is 4.74 Å². The van der Waals surface area contributed by atoms with Gasteiger partial charge >= 0.3 is 5.97 Å². The number of esters is 1. The van der Waals surface area contributed by atoms with E-state index in [1.807, 2.05) is 0 Å². The minimum absolute atomic E-state index is 0.427. The molecule has 0 aliphatic rings. The maximum Gasteiger partial charge on any atom is 0.337 e. The third kappa shape index (κ3) is 3.30. The zero-order valence-electron chi connectivity index (χ0n) is 10.2. The molecule has 0 amide bonds. The third-order valence-electron chi connectivity index (χ3n) is 2.67. The van der Waals surface area contributed by atoms with E-state index in [4.69, 9.17) is 4.55 Å². The number of hydrogen-bond acceptors (Lipinski definition) is 4. The fraction of sp³-hybridized carbons (Fsp3) is 0.154. The molecule has 0 heterocycles. The van der Waals surface area contributed by atoms with Crippen LogP contribution in [0, 0.1) is 0 Å². The van der Waals surface area contributed by atoms with E-state index in [2.05, 4.69) is 4.74 Å². The Morgan fingerprint density at radius 2 is 1.79 bits per heavy atom. The average molecular weight is 280 g/mol. The van der Waals surface area contributed by atoms with Gasteiger partial charge in [0.2, 0.25) is 0 Å². The molecule has 0 unspecified atom stereocenters. The molecular weight excluding hydrogens is 268 g/mol. The van der Waals surface area contributed by atoms with Crippen LogP contribution >= 0.6 is 0 Å². The monoisotopic (exact) mass is 280 g/mol. The van der Waals surface area contributed by atoms with Gasteiger partial charge in [-0.05, 0) is 28.5 Å². The van der Waals surface area contributed by atoms with Crippen molar-refractivity contribution in [1.82, 2.24) is 0 Å². The molecule has 2 aromatic carbocycles. The first-order chi connectivity index (χ1) is 8.89. The molecule has 100 valence electrons. The summed E-state index contributed by atoms with van der Waals surface area (Å²) in [5, 5.41) is 1.58. The lowest BCUT2D eigenvalue weighted by Gasteiger charge is -2.04. The van der Waals surface area contributed by atoms with Crippen molar-refractivity contribution in [2.75, 3.05) is 7.11 Å². The zero-order valence-corrected chi connectivity index (χ0v) is 11.0. The summed E-state index contributed by atoms with van der Waals surface area (Å²) in [7, 11) is -2.74. The molecule has 1 N–H and O–H groups in total. The summed E-state index contributed by atoms with van der Waals surface area (Å²) in [6.07, 6.45) is 0. The Hall–Kier alpha value is -1.92. The molecule has 0 saturated carbocycles. The number of hydrogen-bond donors (Lipinski definition) is 1.